The topological polar surface area (TPSA) is 72.2 Å². The molecule has 0 unspecified atom stereocenters. The summed E-state index contributed by atoms with van der Waals surface area (Å²) in [5, 5.41) is 2.30. The van der Waals surface area contributed by atoms with Crippen molar-refractivity contribution in [3.05, 3.63) is 64.7 Å². The molecule has 0 saturated carbocycles. The molecule has 2 amide bonds. The second-order valence-electron chi connectivity index (χ2n) is 4.50. The van der Waals surface area contributed by atoms with Gasteiger partial charge < -0.3 is 5.73 Å². The van der Waals surface area contributed by atoms with Crippen LogP contribution in [-0.2, 0) is 6.42 Å². The second kappa shape index (κ2) is 4.24. The van der Waals surface area contributed by atoms with Crippen molar-refractivity contribution in [2.45, 2.75) is 6.42 Å². The third kappa shape index (κ3) is 1.87. The van der Waals surface area contributed by atoms with Crippen molar-refractivity contribution in [2.75, 3.05) is 5.73 Å². The van der Waals surface area contributed by atoms with Crippen LogP contribution in [0.15, 0.2) is 42.5 Å². The number of nitrogen functional groups attached to an aromatic ring is 1. The van der Waals surface area contributed by atoms with E-state index in [0.717, 1.165) is 5.56 Å². The van der Waals surface area contributed by atoms with Crippen LogP contribution in [0, 0.1) is 0 Å². The van der Waals surface area contributed by atoms with E-state index in [1.165, 1.54) is 0 Å². The maximum atomic E-state index is 11.9. The third-order valence-electron chi connectivity index (χ3n) is 3.27. The normalized spacial score (nSPS) is 13.3. The lowest BCUT2D eigenvalue weighted by atomic mass is 9.95. The Morgan fingerprint density at radius 1 is 0.947 bits per heavy atom. The van der Waals surface area contributed by atoms with Gasteiger partial charge in [-0.15, -0.1) is 0 Å². The number of hydrogen-bond acceptors (Lipinski definition) is 3. The molecule has 0 aliphatic carbocycles. The molecule has 1 aliphatic heterocycles. The fourth-order valence-electron chi connectivity index (χ4n) is 2.34. The van der Waals surface area contributed by atoms with Gasteiger partial charge in [-0.25, -0.2) is 0 Å². The van der Waals surface area contributed by atoms with Crippen LogP contribution in [0.25, 0.3) is 0 Å². The number of imide groups is 1. The minimum absolute atomic E-state index is 0.352. The Balaban J connectivity index is 2.12. The lowest BCUT2D eigenvalue weighted by molar-refractivity contribution is 0.0879. The van der Waals surface area contributed by atoms with Gasteiger partial charge in [0, 0.05) is 12.1 Å². The van der Waals surface area contributed by atoms with E-state index in [9.17, 15) is 9.59 Å². The predicted octanol–water partition coefficient (Wildman–Crippen LogP) is 1.74. The molecule has 1 aliphatic rings. The summed E-state index contributed by atoms with van der Waals surface area (Å²) >= 11 is 0. The summed E-state index contributed by atoms with van der Waals surface area (Å²) in [6.07, 6.45) is 0.538. The molecule has 2 aromatic carbocycles. The van der Waals surface area contributed by atoms with E-state index in [-0.39, 0.29) is 11.8 Å². The van der Waals surface area contributed by atoms with Gasteiger partial charge in [0.15, 0.2) is 0 Å². The van der Waals surface area contributed by atoms with Crippen molar-refractivity contribution in [2.24, 2.45) is 0 Å². The van der Waals surface area contributed by atoms with Crippen molar-refractivity contribution >= 4 is 17.5 Å². The lowest BCUT2D eigenvalue weighted by Crippen LogP contribution is -2.20. The highest BCUT2D eigenvalue weighted by Crippen LogP contribution is 2.27. The predicted molar refractivity (Wildman–Crippen MR) is 71.9 cm³/mol. The Hall–Kier alpha value is -2.62. The Labute approximate surface area is 110 Å². The SMILES string of the molecule is Nc1ccc2c(c1Cc1ccccc1)C(=O)NC2=O. The summed E-state index contributed by atoms with van der Waals surface area (Å²) in [7, 11) is 0. The van der Waals surface area contributed by atoms with Crippen molar-refractivity contribution in [1.82, 2.24) is 5.32 Å². The number of nitrogens with two attached hydrogens (primary N) is 1. The molecule has 4 nitrogen and oxygen atoms in total. The summed E-state index contributed by atoms with van der Waals surface area (Å²) in [6, 6.07) is 13.0. The number of amides is 2. The first kappa shape index (κ1) is 11.5. The van der Waals surface area contributed by atoms with Crippen LogP contribution < -0.4 is 11.1 Å². The smallest absolute Gasteiger partial charge is 0.259 e. The van der Waals surface area contributed by atoms with Crippen LogP contribution in [0.4, 0.5) is 5.69 Å². The first-order chi connectivity index (χ1) is 9.16. The summed E-state index contributed by atoms with van der Waals surface area (Å²) in [6.45, 7) is 0. The van der Waals surface area contributed by atoms with Gasteiger partial charge in [-0.1, -0.05) is 30.3 Å². The van der Waals surface area contributed by atoms with Crippen LogP contribution in [-0.4, -0.2) is 11.8 Å². The largest absolute Gasteiger partial charge is 0.398 e. The zero-order chi connectivity index (χ0) is 13.4. The maximum absolute atomic E-state index is 11.9. The van der Waals surface area contributed by atoms with Gasteiger partial charge in [0.1, 0.15) is 0 Å². The Kier molecular flexibility index (Phi) is 2.56. The van der Waals surface area contributed by atoms with E-state index < -0.39 is 0 Å². The number of hydrogen-bond donors (Lipinski definition) is 2. The van der Waals surface area contributed by atoms with Crippen molar-refractivity contribution in [3.8, 4) is 0 Å². The van der Waals surface area contributed by atoms with Gasteiger partial charge in [0.25, 0.3) is 11.8 Å². The van der Waals surface area contributed by atoms with Crippen LogP contribution in [0.1, 0.15) is 31.8 Å². The molecule has 0 spiro atoms. The number of nitrogens with one attached hydrogen (secondary N) is 1. The van der Waals surface area contributed by atoms with Gasteiger partial charge in [-0.05, 0) is 23.3 Å². The molecule has 19 heavy (non-hydrogen) atoms. The van der Waals surface area contributed by atoms with E-state index in [1.807, 2.05) is 30.3 Å². The van der Waals surface area contributed by atoms with Gasteiger partial charge in [0.2, 0.25) is 0 Å². The molecule has 0 fully saturated rings. The molecule has 94 valence electrons. The highest BCUT2D eigenvalue weighted by atomic mass is 16.2. The number of carbonyl (C=O) groups is 2. The molecule has 0 saturated heterocycles. The van der Waals surface area contributed by atoms with Gasteiger partial charge >= 0.3 is 0 Å². The average Bonchev–Trinajstić information content (AvgIpc) is 2.69. The van der Waals surface area contributed by atoms with E-state index in [2.05, 4.69) is 5.32 Å². The molecule has 0 bridgehead atoms. The number of anilines is 1. The van der Waals surface area contributed by atoms with Crippen molar-refractivity contribution in [1.29, 1.82) is 0 Å². The summed E-state index contributed by atoms with van der Waals surface area (Å²) < 4.78 is 0. The van der Waals surface area contributed by atoms with E-state index >= 15 is 0 Å². The average molecular weight is 252 g/mol. The Morgan fingerprint density at radius 2 is 1.68 bits per heavy atom. The van der Waals surface area contributed by atoms with Crippen LogP contribution in [0.3, 0.4) is 0 Å². The monoisotopic (exact) mass is 252 g/mol. The lowest BCUT2D eigenvalue weighted by Gasteiger charge is -2.09. The Morgan fingerprint density at radius 3 is 2.42 bits per heavy atom. The quantitative estimate of drug-likeness (QED) is 0.631. The van der Waals surface area contributed by atoms with Crippen LogP contribution in [0.2, 0.25) is 0 Å². The molecule has 4 heteroatoms. The summed E-state index contributed by atoms with van der Waals surface area (Å²) in [5.41, 5.74) is 9.08. The minimum atomic E-state index is -0.363. The molecule has 0 aromatic heterocycles. The molecular formula is C15H12N2O2. The number of rotatable bonds is 2. The van der Waals surface area contributed by atoms with E-state index in [4.69, 9.17) is 5.73 Å². The fraction of sp³-hybridized carbons (Fsp3) is 0.0667. The Bertz CT molecular complexity index is 678. The molecule has 1 heterocycles. The summed E-state index contributed by atoms with van der Waals surface area (Å²) in [5.74, 6) is -0.715. The zero-order valence-electron chi connectivity index (χ0n) is 10.1. The van der Waals surface area contributed by atoms with Gasteiger partial charge in [-0.2, -0.15) is 0 Å². The molecule has 3 rings (SSSR count). The highest BCUT2D eigenvalue weighted by Gasteiger charge is 2.30. The van der Waals surface area contributed by atoms with Gasteiger partial charge in [-0.3, -0.25) is 14.9 Å². The molecule has 2 aromatic rings. The number of carbonyl (C=O) groups excluding carboxylic acids is 2. The minimum Gasteiger partial charge on any atom is -0.398 e. The van der Waals surface area contributed by atoms with E-state index in [1.54, 1.807) is 12.1 Å². The van der Waals surface area contributed by atoms with E-state index in [0.29, 0.717) is 28.8 Å². The standard InChI is InChI=1S/C15H12N2O2/c16-12-7-6-10-13(15(19)17-14(10)18)11(12)8-9-4-2-1-3-5-9/h1-7H,8,16H2,(H,17,18,19). The van der Waals surface area contributed by atoms with Gasteiger partial charge in [0.05, 0.1) is 11.1 Å². The summed E-state index contributed by atoms with van der Waals surface area (Å²) in [4.78, 5) is 23.5. The van der Waals surface area contributed by atoms with Crippen molar-refractivity contribution < 1.29 is 9.59 Å². The first-order valence-electron chi connectivity index (χ1n) is 5.98. The highest BCUT2D eigenvalue weighted by molar-refractivity contribution is 6.22. The fourth-order valence-corrected chi connectivity index (χ4v) is 2.34. The number of benzene rings is 2. The first-order valence-corrected chi connectivity index (χ1v) is 5.98. The van der Waals surface area contributed by atoms with Crippen molar-refractivity contribution in [3.63, 3.8) is 0 Å². The molecular weight excluding hydrogens is 240 g/mol. The number of fused-ring (bicyclic) bond motifs is 1. The molecule has 3 N–H and O–H groups in total. The van der Waals surface area contributed by atoms with Crippen LogP contribution in [0.5, 0.6) is 0 Å². The molecule has 0 radical (unpaired) electrons. The maximum Gasteiger partial charge on any atom is 0.259 e. The van der Waals surface area contributed by atoms with Crippen LogP contribution >= 0.6 is 0 Å². The zero-order valence-corrected chi connectivity index (χ0v) is 10.1. The second-order valence-corrected chi connectivity index (χ2v) is 4.50. The third-order valence-corrected chi connectivity index (χ3v) is 3.27. The molecule has 0 atom stereocenters.